The van der Waals surface area contributed by atoms with Crippen LogP contribution in [0.2, 0.25) is 0 Å². The molecule has 7 atom stereocenters. The fourth-order valence-electron chi connectivity index (χ4n) is 7.74. The summed E-state index contributed by atoms with van der Waals surface area (Å²) in [6.45, 7) is 5.38. The standard InChI is InChI=1S/C19H31NO.C6H10N2O2/c1-18-9-7-13(20)11-12(18)3-4-14-15-5-6-17(21)19(15,2)10-8-16(14)18;7-4-6-3-5(1-2-9)8-10-6/h12,14-17,20-21H,3-11H2,1-2H3;3,9H,1-2,4,7H2/t12?,14?,15?,16?,17-,18-,19-;/m0./s1. The van der Waals surface area contributed by atoms with Crippen molar-refractivity contribution in [1.82, 2.24) is 5.16 Å². The first-order valence-electron chi connectivity index (χ1n) is 12.3. The van der Waals surface area contributed by atoms with Gasteiger partial charge in [0.15, 0.2) is 5.76 Å². The molecule has 31 heavy (non-hydrogen) atoms. The number of fused-ring (bicyclic) bond motifs is 5. The number of nitrogens with two attached hydrogens (primary N) is 1. The highest BCUT2D eigenvalue weighted by Crippen LogP contribution is 2.65. The lowest BCUT2D eigenvalue weighted by Gasteiger charge is -2.60. The molecule has 1 aromatic rings. The average molecular weight is 432 g/mol. The average Bonchev–Trinajstić information content (AvgIpc) is 3.33. The van der Waals surface area contributed by atoms with E-state index in [0.717, 1.165) is 54.3 Å². The van der Waals surface area contributed by atoms with Gasteiger partial charge < -0.3 is 25.9 Å². The van der Waals surface area contributed by atoms with Gasteiger partial charge >= 0.3 is 0 Å². The monoisotopic (exact) mass is 431 g/mol. The molecule has 4 fully saturated rings. The Labute approximate surface area is 186 Å². The maximum Gasteiger partial charge on any atom is 0.150 e. The second-order valence-corrected chi connectivity index (χ2v) is 11.1. The molecule has 6 nitrogen and oxygen atoms in total. The van der Waals surface area contributed by atoms with Gasteiger partial charge in [0.1, 0.15) is 0 Å². The molecule has 0 bridgehead atoms. The van der Waals surface area contributed by atoms with Gasteiger partial charge in [-0.1, -0.05) is 19.0 Å². The van der Waals surface area contributed by atoms with Crippen molar-refractivity contribution in [2.45, 2.75) is 90.7 Å². The molecular formula is C25H41N3O3. The summed E-state index contributed by atoms with van der Waals surface area (Å²) < 4.78 is 4.78. The summed E-state index contributed by atoms with van der Waals surface area (Å²) in [5.74, 6) is 3.92. The molecule has 174 valence electrons. The topological polar surface area (TPSA) is 116 Å². The number of aliphatic hydroxyl groups excluding tert-OH is 2. The number of aromatic nitrogens is 1. The highest BCUT2D eigenvalue weighted by molar-refractivity contribution is 5.82. The van der Waals surface area contributed by atoms with Crippen molar-refractivity contribution >= 4 is 5.71 Å². The van der Waals surface area contributed by atoms with Crippen molar-refractivity contribution in [3.63, 3.8) is 0 Å². The van der Waals surface area contributed by atoms with E-state index >= 15 is 0 Å². The van der Waals surface area contributed by atoms with Crippen molar-refractivity contribution in [3.8, 4) is 0 Å². The lowest BCUT2D eigenvalue weighted by atomic mass is 9.45. The molecule has 4 saturated carbocycles. The number of hydrogen-bond acceptors (Lipinski definition) is 6. The van der Waals surface area contributed by atoms with Crippen LogP contribution in [0.1, 0.15) is 83.1 Å². The van der Waals surface area contributed by atoms with Crippen molar-refractivity contribution in [2.24, 2.45) is 40.2 Å². The number of aliphatic hydroxyl groups is 2. The fraction of sp³-hybridized carbons (Fsp3) is 0.840. The first kappa shape index (κ1) is 22.9. The highest BCUT2D eigenvalue weighted by atomic mass is 16.5. The number of hydrogen-bond donors (Lipinski definition) is 4. The second-order valence-electron chi connectivity index (χ2n) is 11.1. The Bertz CT molecular complexity index is 780. The SMILES string of the molecule is C[C@]12CCC(=N)CC1CCC1C2CC[C@@]2(C)C1CC[C@@H]2O.NCc1cc(CCO)no1. The van der Waals surface area contributed by atoms with Gasteiger partial charge in [-0.15, -0.1) is 0 Å². The summed E-state index contributed by atoms with van der Waals surface area (Å²) in [6, 6.07) is 1.75. The summed E-state index contributed by atoms with van der Waals surface area (Å²) in [5.41, 5.74) is 7.73. The number of nitrogens with zero attached hydrogens (tertiary/aromatic N) is 1. The van der Waals surface area contributed by atoms with E-state index in [1.54, 1.807) is 6.07 Å². The lowest BCUT2D eigenvalue weighted by molar-refractivity contribution is -0.112. The summed E-state index contributed by atoms with van der Waals surface area (Å²) in [4.78, 5) is 0. The molecule has 1 aromatic heterocycles. The summed E-state index contributed by atoms with van der Waals surface area (Å²) in [5, 5.41) is 30.7. The van der Waals surface area contributed by atoms with Crippen LogP contribution in [0.4, 0.5) is 0 Å². The lowest BCUT2D eigenvalue weighted by Crippen LogP contribution is -2.54. The number of nitrogens with one attached hydrogen (secondary N) is 1. The molecule has 0 aliphatic heterocycles. The molecule has 4 unspecified atom stereocenters. The maximum absolute atomic E-state index is 10.5. The molecule has 0 aromatic carbocycles. The van der Waals surface area contributed by atoms with Crippen LogP contribution in [0.25, 0.3) is 0 Å². The minimum Gasteiger partial charge on any atom is -0.396 e. The molecule has 4 aliphatic carbocycles. The van der Waals surface area contributed by atoms with E-state index in [1.165, 1.54) is 38.5 Å². The zero-order chi connectivity index (χ0) is 22.2. The van der Waals surface area contributed by atoms with Crippen molar-refractivity contribution in [2.75, 3.05) is 6.61 Å². The van der Waals surface area contributed by atoms with Crippen molar-refractivity contribution in [3.05, 3.63) is 17.5 Å². The smallest absolute Gasteiger partial charge is 0.150 e. The quantitative estimate of drug-likeness (QED) is 0.575. The van der Waals surface area contributed by atoms with E-state index in [4.69, 9.17) is 20.8 Å². The molecule has 0 radical (unpaired) electrons. The Kier molecular flexibility index (Phi) is 6.62. The molecule has 6 heteroatoms. The van der Waals surface area contributed by atoms with Crippen LogP contribution >= 0.6 is 0 Å². The van der Waals surface area contributed by atoms with Gasteiger partial charge in [-0.25, -0.2) is 0 Å². The predicted octanol–water partition coefficient (Wildman–Crippen LogP) is 4.08. The predicted molar refractivity (Wildman–Crippen MR) is 121 cm³/mol. The van der Waals surface area contributed by atoms with Crippen LogP contribution in [0, 0.1) is 39.9 Å². The molecule has 0 saturated heterocycles. The van der Waals surface area contributed by atoms with Gasteiger partial charge in [-0.3, -0.25) is 0 Å². The minimum atomic E-state index is -0.0477. The normalized spacial score (nSPS) is 41.6. The van der Waals surface area contributed by atoms with E-state index in [-0.39, 0.29) is 18.1 Å². The van der Waals surface area contributed by atoms with E-state index < -0.39 is 0 Å². The summed E-state index contributed by atoms with van der Waals surface area (Å²) in [6.07, 6.45) is 11.4. The van der Waals surface area contributed by atoms with Crippen LogP contribution in [-0.4, -0.2) is 33.8 Å². The first-order valence-corrected chi connectivity index (χ1v) is 12.3. The number of rotatable bonds is 3. The van der Waals surface area contributed by atoms with Crippen LogP contribution < -0.4 is 5.73 Å². The zero-order valence-corrected chi connectivity index (χ0v) is 19.3. The van der Waals surface area contributed by atoms with Crippen LogP contribution in [0.3, 0.4) is 0 Å². The van der Waals surface area contributed by atoms with Crippen LogP contribution in [-0.2, 0) is 13.0 Å². The van der Waals surface area contributed by atoms with E-state index in [1.807, 2.05) is 0 Å². The fourth-order valence-corrected chi connectivity index (χ4v) is 7.74. The first-order chi connectivity index (χ1) is 14.8. The largest absolute Gasteiger partial charge is 0.396 e. The Balaban J connectivity index is 0.000000196. The van der Waals surface area contributed by atoms with Gasteiger partial charge in [0, 0.05) is 24.8 Å². The van der Waals surface area contributed by atoms with Crippen molar-refractivity contribution < 1.29 is 14.7 Å². The molecule has 4 aliphatic rings. The van der Waals surface area contributed by atoms with E-state index in [9.17, 15) is 5.11 Å². The Morgan fingerprint density at radius 3 is 2.61 bits per heavy atom. The summed E-state index contributed by atoms with van der Waals surface area (Å²) >= 11 is 0. The third-order valence-electron chi connectivity index (χ3n) is 9.65. The van der Waals surface area contributed by atoms with Gasteiger partial charge in [-0.05, 0) is 92.3 Å². The zero-order valence-electron chi connectivity index (χ0n) is 19.3. The van der Waals surface area contributed by atoms with Crippen LogP contribution in [0.5, 0.6) is 0 Å². The van der Waals surface area contributed by atoms with E-state index in [2.05, 4.69) is 19.0 Å². The molecule has 0 amide bonds. The van der Waals surface area contributed by atoms with Gasteiger partial charge in [0.25, 0.3) is 0 Å². The maximum atomic E-state index is 10.5. The molecular weight excluding hydrogens is 390 g/mol. The Morgan fingerprint density at radius 1 is 1.13 bits per heavy atom. The second kappa shape index (κ2) is 8.95. The van der Waals surface area contributed by atoms with E-state index in [0.29, 0.717) is 24.1 Å². The van der Waals surface area contributed by atoms with Crippen LogP contribution in [0.15, 0.2) is 10.6 Å². The van der Waals surface area contributed by atoms with Gasteiger partial charge in [0.05, 0.1) is 18.3 Å². The molecule has 5 rings (SSSR count). The van der Waals surface area contributed by atoms with Crippen molar-refractivity contribution in [1.29, 1.82) is 5.41 Å². The third-order valence-corrected chi connectivity index (χ3v) is 9.65. The summed E-state index contributed by atoms with van der Waals surface area (Å²) in [7, 11) is 0. The van der Waals surface area contributed by atoms with Gasteiger partial charge in [-0.2, -0.15) is 0 Å². The van der Waals surface area contributed by atoms with Gasteiger partial charge in [0.2, 0.25) is 0 Å². The Hall–Kier alpha value is -1.24. The molecule has 1 heterocycles. The molecule has 5 N–H and O–H groups in total. The minimum absolute atomic E-state index is 0.0477. The highest BCUT2D eigenvalue weighted by Gasteiger charge is 2.59. The Morgan fingerprint density at radius 2 is 1.90 bits per heavy atom. The third kappa shape index (κ3) is 4.11. The molecule has 0 spiro atoms.